The van der Waals surface area contributed by atoms with E-state index in [1.54, 1.807) is 24.5 Å². The summed E-state index contributed by atoms with van der Waals surface area (Å²) in [5, 5.41) is 6.69. The van der Waals surface area contributed by atoms with Crippen LogP contribution in [0.25, 0.3) is 0 Å². The van der Waals surface area contributed by atoms with Gasteiger partial charge in [0.1, 0.15) is 17.7 Å². The number of hydrogen-bond acceptors (Lipinski definition) is 6. The van der Waals surface area contributed by atoms with Crippen molar-refractivity contribution in [3.8, 4) is 5.75 Å². The molecule has 1 saturated heterocycles. The summed E-state index contributed by atoms with van der Waals surface area (Å²) >= 11 is 0. The number of hydrogen-bond donors (Lipinski definition) is 2. The summed E-state index contributed by atoms with van der Waals surface area (Å²) in [5.41, 5.74) is 0. The van der Waals surface area contributed by atoms with Crippen LogP contribution in [0.2, 0.25) is 0 Å². The number of nitrogens with zero attached hydrogens (tertiary/aromatic N) is 5. The van der Waals surface area contributed by atoms with Crippen molar-refractivity contribution >= 4 is 35.9 Å². The number of piperazine rings is 1. The third-order valence-corrected chi connectivity index (χ3v) is 5.28. The average Bonchev–Trinajstić information content (AvgIpc) is 2.82. The van der Waals surface area contributed by atoms with Crippen LogP contribution in [0.15, 0.2) is 47.7 Å². The molecular weight excluding hydrogens is 536 g/mol. The zero-order valence-electron chi connectivity index (χ0n) is 19.4. The number of aliphatic imine (C=N–C) groups is 1. The van der Waals surface area contributed by atoms with Gasteiger partial charge in [0.25, 0.3) is 0 Å². The molecule has 182 valence electrons. The van der Waals surface area contributed by atoms with Gasteiger partial charge in [0, 0.05) is 64.3 Å². The van der Waals surface area contributed by atoms with Crippen LogP contribution in [0.4, 0.5) is 10.3 Å². The van der Waals surface area contributed by atoms with Crippen LogP contribution in [0.1, 0.15) is 20.3 Å². The molecule has 33 heavy (non-hydrogen) atoms. The molecule has 1 unspecified atom stereocenters. The number of benzene rings is 1. The highest BCUT2D eigenvalue weighted by atomic mass is 127. The second-order valence-corrected chi connectivity index (χ2v) is 7.63. The smallest absolute Gasteiger partial charge is 0.225 e. The molecule has 1 aliphatic heterocycles. The topological polar surface area (TPSA) is 77.9 Å². The lowest BCUT2D eigenvalue weighted by molar-refractivity contribution is 0.205. The molecular formula is C23H35FIN7O. The second-order valence-electron chi connectivity index (χ2n) is 7.63. The Morgan fingerprint density at radius 2 is 1.88 bits per heavy atom. The fraction of sp³-hybridized carbons (Fsp3) is 0.522. The molecule has 0 radical (unpaired) electrons. The van der Waals surface area contributed by atoms with E-state index in [9.17, 15) is 4.39 Å². The Balaban J connectivity index is 0.00000385. The van der Waals surface area contributed by atoms with Crippen LogP contribution in [0.5, 0.6) is 5.75 Å². The Bertz CT molecular complexity index is 835. The highest BCUT2D eigenvalue weighted by Gasteiger charge is 2.18. The predicted molar refractivity (Wildman–Crippen MR) is 141 cm³/mol. The number of nitrogens with one attached hydrogen (secondary N) is 2. The molecule has 0 bridgehead atoms. The monoisotopic (exact) mass is 571 g/mol. The van der Waals surface area contributed by atoms with Crippen molar-refractivity contribution in [2.75, 3.05) is 57.3 Å². The number of rotatable bonds is 10. The predicted octanol–water partition coefficient (Wildman–Crippen LogP) is 2.77. The van der Waals surface area contributed by atoms with Crippen LogP contribution in [0, 0.1) is 5.82 Å². The fourth-order valence-electron chi connectivity index (χ4n) is 3.48. The first kappa shape index (κ1) is 27.0. The number of aromatic nitrogens is 2. The minimum atomic E-state index is -0.298. The van der Waals surface area contributed by atoms with Crippen molar-refractivity contribution in [1.82, 2.24) is 25.5 Å². The Labute approximate surface area is 213 Å². The van der Waals surface area contributed by atoms with Gasteiger partial charge in [0.05, 0.1) is 6.54 Å². The van der Waals surface area contributed by atoms with E-state index >= 15 is 0 Å². The molecule has 1 fully saturated rings. The minimum absolute atomic E-state index is 0. The van der Waals surface area contributed by atoms with Crippen molar-refractivity contribution in [1.29, 1.82) is 0 Å². The Kier molecular flexibility index (Phi) is 12.2. The van der Waals surface area contributed by atoms with Gasteiger partial charge in [-0.2, -0.15) is 0 Å². The van der Waals surface area contributed by atoms with Crippen LogP contribution in [0.3, 0.4) is 0 Å². The molecule has 1 atom stereocenters. The van der Waals surface area contributed by atoms with Crippen molar-refractivity contribution in [2.45, 2.75) is 26.4 Å². The Morgan fingerprint density at radius 3 is 2.55 bits per heavy atom. The molecule has 3 rings (SSSR count). The molecule has 2 N–H and O–H groups in total. The van der Waals surface area contributed by atoms with Gasteiger partial charge in [0.2, 0.25) is 5.95 Å². The van der Waals surface area contributed by atoms with E-state index in [0.29, 0.717) is 12.3 Å². The van der Waals surface area contributed by atoms with Crippen LogP contribution < -0.4 is 20.3 Å². The Hall–Kier alpha value is -2.21. The molecule has 1 aliphatic rings. The van der Waals surface area contributed by atoms with Gasteiger partial charge < -0.3 is 20.3 Å². The molecule has 0 aliphatic carbocycles. The summed E-state index contributed by atoms with van der Waals surface area (Å²) in [6.45, 7) is 10.9. The van der Waals surface area contributed by atoms with Gasteiger partial charge in [-0.15, -0.1) is 24.0 Å². The number of halogens is 2. The maximum atomic E-state index is 13.4. The summed E-state index contributed by atoms with van der Waals surface area (Å²) in [6.07, 6.45) is 4.24. The molecule has 0 amide bonds. The van der Waals surface area contributed by atoms with E-state index in [0.717, 1.165) is 64.1 Å². The normalized spacial score (nSPS) is 15.5. The molecule has 2 aromatic rings. The summed E-state index contributed by atoms with van der Waals surface area (Å²) in [4.78, 5) is 18.0. The van der Waals surface area contributed by atoms with E-state index in [4.69, 9.17) is 4.74 Å². The van der Waals surface area contributed by atoms with Gasteiger partial charge >= 0.3 is 0 Å². The highest BCUT2D eigenvalue weighted by molar-refractivity contribution is 14.0. The maximum Gasteiger partial charge on any atom is 0.225 e. The van der Waals surface area contributed by atoms with E-state index in [1.807, 2.05) is 19.9 Å². The van der Waals surface area contributed by atoms with Crippen molar-refractivity contribution in [3.63, 3.8) is 0 Å². The Morgan fingerprint density at radius 1 is 1.12 bits per heavy atom. The third kappa shape index (κ3) is 9.28. The van der Waals surface area contributed by atoms with Gasteiger partial charge in [-0.05, 0) is 31.5 Å². The zero-order chi connectivity index (χ0) is 22.6. The molecule has 8 nitrogen and oxygen atoms in total. The maximum absolute atomic E-state index is 13.4. The van der Waals surface area contributed by atoms with Crippen molar-refractivity contribution < 1.29 is 9.13 Å². The van der Waals surface area contributed by atoms with E-state index in [2.05, 4.69) is 35.4 Å². The van der Waals surface area contributed by atoms with E-state index in [1.165, 1.54) is 12.1 Å². The molecule has 0 saturated carbocycles. The number of anilines is 1. The van der Waals surface area contributed by atoms with Crippen LogP contribution >= 0.6 is 24.0 Å². The first-order chi connectivity index (χ1) is 15.7. The average molecular weight is 571 g/mol. The first-order valence-electron chi connectivity index (χ1n) is 11.4. The van der Waals surface area contributed by atoms with Gasteiger partial charge in [-0.25, -0.2) is 19.4 Å². The van der Waals surface area contributed by atoms with E-state index in [-0.39, 0.29) is 35.9 Å². The summed E-state index contributed by atoms with van der Waals surface area (Å²) < 4.78 is 19.3. The summed E-state index contributed by atoms with van der Waals surface area (Å²) in [7, 11) is 0. The lowest BCUT2D eigenvalue weighted by Gasteiger charge is -2.34. The molecule has 2 heterocycles. The van der Waals surface area contributed by atoms with Gasteiger partial charge in [-0.1, -0.05) is 13.0 Å². The lowest BCUT2D eigenvalue weighted by Crippen LogP contribution is -2.49. The van der Waals surface area contributed by atoms with Gasteiger partial charge in [-0.3, -0.25) is 4.90 Å². The molecule has 0 spiro atoms. The zero-order valence-corrected chi connectivity index (χ0v) is 21.7. The van der Waals surface area contributed by atoms with Crippen LogP contribution in [-0.4, -0.2) is 79.3 Å². The van der Waals surface area contributed by atoms with Crippen molar-refractivity contribution in [3.05, 3.63) is 48.5 Å². The number of ether oxygens (including phenoxy) is 1. The lowest BCUT2D eigenvalue weighted by atomic mass is 10.2. The summed E-state index contributed by atoms with van der Waals surface area (Å²) in [6, 6.07) is 8.07. The minimum Gasteiger partial charge on any atom is -0.488 e. The fourth-order valence-corrected chi connectivity index (χ4v) is 3.48. The van der Waals surface area contributed by atoms with Crippen molar-refractivity contribution in [2.24, 2.45) is 4.99 Å². The molecule has 10 heteroatoms. The van der Waals surface area contributed by atoms with Crippen LogP contribution in [-0.2, 0) is 0 Å². The van der Waals surface area contributed by atoms with Gasteiger partial charge in [0.15, 0.2) is 5.96 Å². The quantitative estimate of drug-likeness (QED) is 0.258. The second kappa shape index (κ2) is 14.8. The molecule has 1 aromatic carbocycles. The largest absolute Gasteiger partial charge is 0.488 e. The molecule has 1 aromatic heterocycles. The summed E-state index contributed by atoms with van der Waals surface area (Å²) in [5.74, 6) is 1.81. The van der Waals surface area contributed by atoms with E-state index < -0.39 is 0 Å². The number of guanidine groups is 1. The SMILES string of the molecule is CCNC(=NCC(CC)Oc1cccc(F)c1)NCCN1CCN(c2ncccn2)CC1.I. The third-order valence-electron chi connectivity index (χ3n) is 5.28. The first-order valence-corrected chi connectivity index (χ1v) is 11.4. The highest BCUT2D eigenvalue weighted by Crippen LogP contribution is 2.15. The standard InChI is InChI=1S/C23H34FN7O.HI/c1-3-20(32-21-8-5-7-19(24)17-21)18-29-22(25-4-2)26-11-12-30-13-15-31(16-14-30)23-27-9-6-10-28-23;/h5-10,17,20H,3-4,11-16,18H2,1-2H3,(H2,25,26,29);1H.